The summed E-state index contributed by atoms with van der Waals surface area (Å²) in [5.41, 5.74) is 0.999. The van der Waals surface area contributed by atoms with E-state index >= 15 is 0 Å². The number of benzene rings is 2. The van der Waals surface area contributed by atoms with Crippen LogP contribution in [0.1, 0.15) is 15.2 Å². The lowest BCUT2D eigenvalue weighted by molar-refractivity contribution is -0.133. The predicted octanol–water partition coefficient (Wildman–Crippen LogP) is 5.02. The molecule has 4 nitrogen and oxygen atoms in total. The lowest BCUT2D eigenvalue weighted by Gasteiger charge is -2.17. The van der Waals surface area contributed by atoms with Gasteiger partial charge in [0, 0.05) is 28.7 Å². The third-order valence-electron chi connectivity index (χ3n) is 3.79. The molecule has 2 aromatic carbocycles. The molecule has 0 aliphatic carbocycles. The zero-order valence-corrected chi connectivity index (χ0v) is 16.2. The Hall–Kier alpha value is -2.08. The molecule has 1 aromatic heterocycles. The Bertz CT molecular complexity index is 956. The molecule has 0 unspecified atom stereocenters. The SMILES string of the molecule is CN(Cc1ccccc1)C(=O)COC(=O)c1sc2cc(Cl)ccc2c1Cl. The lowest BCUT2D eigenvalue weighted by atomic mass is 10.2. The van der Waals surface area contributed by atoms with Gasteiger partial charge in [0.2, 0.25) is 0 Å². The summed E-state index contributed by atoms with van der Waals surface area (Å²) >= 11 is 13.4. The molecule has 0 bridgehead atoms. The van der Waals surface area contributed by atoms with Crippen molar-refractivity contribution in [2.24, 2.45) is 0 Å². The molecule has 0 N–H and O–H groups in total. The van der Waals surface area contributed by atoms with Gasteiger partial charge >= 0.3 is 5.97 Å². The number of carbonyl (C=O) groups is 2. The van der Waals surface area contributed by atoms with Gasteiger partial charge in [-0.05, 0) is 17.7 Å². The van der Waals surface area contributed by atoms with Crippen molar-refractivity contribution in [3.05, 3.63) is 69.0 Å². The maximum absolute atomic E-state index is 12.3. The second-order valence-electron chi connectivity index (χ2n) is 5.70. The molecule has 0 fully saturated rings. The quantitative estimate of drug-likeness (QED) is 0.557. The van der Waals surface area contributed by atoms with Gasteiger partial charge < -0.3 is 9.64 Å². The number of amides is 1. The molecule has 0 spiro atoms. The van der Waals surface area contributed by atoms with Crippen LogP contribution < -0.4 is 0 Å². The number of ether oxygens (including phenoxy) is 1. The minimum atomic E-state index is -0.617. The van der Waals surface area contributed by atoms with Crippen molar-refractivity contribution in [1.29, 1.82) is 0 Å². The summed E-state index contributed by atoms with van der Waals surface area (Å²) in [5.74, 6) is -0.906. The highest BCUT2D eigenvalue weighted by Crippen LogP contribution is 2.37. The molecule has 134 valence electrons. The van der Waals surface area contributed by atoms with E-state index in [2.05, 4.69) is 0 Å². The van der Waals surface area contributed by atoms with Gasteiger partial charge in [0.15, 0.2) is 6.61 Å². The zero-order valence-electron chi connectivity index (χ0n) is 13.9. The summed E-state index contributed by atoms with van der Waals surface area (Å²) in [5, 5.41) is 1.62. The molecular weight excluding hydrogens is 393 g/mol. The van der Waals surface area contributed by atoms with Gasteiger partial charge in [-0.25, -0.2) is 4.79 Å². The maximum Gasteiger partial charge on any atom is 0.350 e. The number of fused-ring (bicyclic) bond motifs is 1. The van der Waals surface area contributed by atoms with Gasteiger partial charge in [0.1, 0.15) is 4.88 Å². The summed E-state index contributed by atoms with van der Waals surface area (Å²) in [7, 11) is 1.66. The first-order valence-corrected chi connectivity index (χ1v) is 9.35. The van der Waals surface area contributed by atoms with Gasteiger partial charge in [-0.15, -0.1) is 11.3 Å². The topological polar surface area (TPSA) is 46.6 Å². The molecule has 3 rings (SSSR count). The van der Waals surface area contributed by atoms with Crippen molar-refractivity contribution in [2.75, 3.05) is 13.7 Å². The van der Waals surface area contributed by atoms with Crippen LogP contribution in [0, 0.1) is 0 Å². The van der Waals surface area contributed by atoms with Crippen LogP contribution in [-0.2, 0) is 16.1 Å². The van der Waals surface area contributed by atoms with E-state index < -0.39 is 5.97 Å². The first kappa shape index (κ1) is 18.7. The standard InChI is InChI=1S/C19H15Cl2NO3S/c1-22(10-12-5-3-2-4-6-12)16(23)11-25-19(24)18-17(21)14-8-7-13(20)9-15(14)26-18/h2-9H,10-11H2,1H3. The molecule has 3 aromatic rings. The number of likely N-dealkylation sites (N-methyl/N-ethyl adjacent to an activating group) is 1. The molecular formula is C19H15Cl2NO3S. The van der Waals surface area contributed by atoms with Crippen LogP contribution in [0.25, 0.3) is 10.1 Å². The molecule has 0 aliphatic heterocycles. The fourth-order valence-corrected chi connectivity index (χ4v) is 4.10. The van der Waals surface area contributed by atoms with Crippen LogP contribution in [-0.4, -0.2) is 30.4 Å². The third-order valence-corrected chi connectivity index (χ3v) is 5.66. The Kier molecular flexibility index (Phi) is 5.81. The molecule has 0 aliphatic rings. The lowest BCUT2D eigenvalue weighted by Crippen LogP contribution is -2.30. The Balaban J connectivity index is 1.63. The van der Waals surface area contributed by atoms with E-state index in [0.717, 1.165) is 15.6 Å². The highest BCUT2D eigenvalue weighted by atomic mass is 35.5. The van der Waals surface area contributed by atoms with Crippen molar-refractivity contribution in [2.45, 2.75) is 6.54 Å². The molecule has 0 radical (unpaired) electrons. The summed E-state index contributed by atoms with van der Waals surface area (Å²) in [6, 6.07) is 14.8. The number of nitrogens with zero attached hydrogens (tertiary/aromatic N) is 1. The van der Waals surface area contributed by atoms with E-state index in [1.807, 2.05) is 30.3 Å². The van der Waals surface area contributed by atoms with Crippen LogP contribution in [0.4, 0.5) is 0 Å². The van der Waals surface area contributed by atoms with E-state index in [-0.39, 0.29) is 17.4 Å². The largest absolute Gasteiger partial charge is 0.451 e. The average molecular weight is 408 g/mol. The van der Waals surface area contributed by atoms with Gasteiger partial charge in [0.25, 0.3) is 5.91 Å². The summed E-state index contributed by atoms with van der Waals surface area (Å²) in [6.07, 6.45) is 0. The monoisotopic (exact) mass is 407 g/mol. The highest BCUT2D eigenvalue weighted by molar-refractivity contribution is 7.21. The van der Waals surface area contributed by atoms with Gasteiger partial charge in [-0.2, -0.15) is 0 Å². The molecule has 0 saturated heterocycles. The van der Waals surface area contributed by atoms with E-state index in [1.165, 1.54) is 16.2 Å². The number of carbonyl (C=O) groups excluding carboxylic acids is 2. The molecule has 26 heavy (non-hydrogen) atoms. The number of thiophene rings is 1. The molecule has 7 heteroatoms. The number of halogens is 2. The fourth-order valence-electron chi connectivity index (χ4n) is 2.42. The van der Waals surface area contributed by atoms with Crippen molar-refractivity contribution in [3.63, 3.8) is 0 Å². The van der Waals surface area contributed by atoms with Gasteiger partial charge in [-0.3, -0.25) is 4.79 Å². The Morgan fingerprint density at radius 1 is 1.12 bits per heavy atom. The van der Waals surface area contributed by atoms with E-state index in [4.69, 9.17) is 27.9 Å². The Morgan fingerprint density at radius 3 is 2.58 bits per heavy atom. The average Bonchev–Trinajstić information content (AvgIpc) is 2.96. The zero-order chi connectivity index (χ0) is 18.7. The summed E-state index contributed by atoms with van der Waals surface area (Å²) < 4.78 is 5.95. The normalized spacial score (nSPS) is 10.7. The minimum Gasteiger partial charge on any atom is -0.451 e. The Labute approximate surface area is 164 Å². The van der Waals surface area contributed by atoms with Crippen molar-refractivity contribution in [1.82, 2.24) is 4.90 Å². The minimum absolute atomic E-state index is 0.266. The Morgan fingerprint density at radius 2 is 1.85 bits per heavy atom. The smallest absolute Gasteiger partial charge is 0.350 e. The summed E-state index contributed by atoms with van der Waals surface area (Å²) in [4.78, 5) is 26.3. The highest BCUT2D eigenvalue weighted by Gasteiger charge is 2.20. The molecule has 0 atom stereocenters. The maximum atomic E-state index is 12.3. The van der Waals surface area contributed by atoms with Crippen LogP contribution in [0.2, 0.25) is 10.0 Å². The number of hydrogen-bond acceptors (Lipinski definition) is 4. The fraction of sp³-hybridized carbons (Fsp3) is 0.158. The molecule has 1 heterocycles. The van der Waals surface area contributed by atoms with Crippen LogP contribution >= 0.6 is 34.5 Å². The third kappa shape index (κ3) is 4.18. The van der Waals surface area contributed by atoms with E-state index in [0.29, 0.717) is 16.6 Å². The summed E-state index contributed by atoms with van der Waals surface area (Å²) in [6.45, 7) is 0.104. The van der Waals surface area contributed by atoms with Gasteiger partial charge in [0.05, 0.1) is 5.02 Å². The number of rotatable bonds is 5. The molecule has 1 amide bonds. The van der Waals surface area contributed by atoms with Crippen molar-refractivity contribution >= 4 is 56.5 Å². The van der Waals surface area contributed by atoms with Crippen LogP contribution in [0.15, 0.2) is 48.5 Å². The van der Waals surface area contributed by atoms with Crippen molar-refractivity contribution < 1.29 is 14.3 Å². The first-order valence-electron chi connectivity index (χ1n) is 7.78. The van der Waals surface area contributed by atoms with Crippen LogP contribution in [0.3, 0.4) is 0 Å². The second-order valence-corrected chi connectivity index (χ2v) is 7.56. The number of hydrogen-bond donors (Lipinski definition) is 0. The predicted molar refractivity (Wildman–Crippen MR) is 105 cm³/mol. The van der Waals surface area contributed by atoms with Crippen LogP contribution in [0.5, 0.6) is 0 Å². The van der Waals surface area contributed by atoms with E-state index in [9.17, 15) is 9.59 Å². The van der Waals surface area contributed by atoms with Crippen molar-refractivity contribution in [3.8, 4) is 0 Å². The second kappa shape index (κ2) is 8.08. The van der Waals surface area contributed by atoms with E-state index in [1.54, 1.807) is 25.2 Å². The first-order chi connectivity index (χ1) is 12.5. The number of esters is 1. The van der Waals surface area contributed by atoms with Gasteiger partial charge in [-0.1, -0.05) is 59.6 Å². The molecule has 0 saturated carbocycles.